The first kappa shape index (κ1) is 25.5. The zero-order valence-corrected chi connectivity index (χ0v) is 21.1. The van der Waals surface area contributed by atoms with Gasteiger partial charge in [0.15, 0.2) is 0 Å². The van der Waals surface area contributed by atoms with Crippen molar-refractivity contribution in [1.29, 1.82) is 0 Å². The predicted octanol–water partition coefficient (Wildman–Crippen LogP) is 5.33. The molecule has 0 heterocycles. The normalized spacial score (nSPS) is 14.6. The smallest absolute Gasteiger partial charge is 0.243 e. The Bertz CT molecular complexity index is 1110. The number of methoxy groups -OCH3 is 1. The molecule has 0 bridgehead atoms. The third kappa shape index (κ3) is 7.20. The first-order valence-corrected chi connectivity index (χ1v) is 12.9. The molecule has 0 unspecified atom stereocenters. The van der Waals surface area contributed by atoms with Crippen molar-refractivity contribution in [3.8, 4) is 5.75 Å². The van der Waals surface area contributed by atoms with Gasteiger partial charge in [-0.15, -0.1) is 0 Å². The molecular weight excluding hydrogens is 448 g/mol. The summed E-state index contributed by atoms with van der Waals surface area (Å²) in [7, 11) is 1.63. The fourth-order valence-electron chi connectivity index (χ4n) is 4.94. The Morgan fingerprint density at radius 2 is 1.50 bits per heavy atom. The second-order valence-corrected chi connectivity index (χ2v) is 9.58. The van der Waals surface area contributed by atoms with Crippen molar-refractivity contribution in [3.63, 3.8) is 0 Å². The first-order valence-electron chi connectivity index (χ1n) is 12.9. The van der Waals surface area contributed by atoms with Crippen LogP contribution in [-0.4, -0.2) is 35.9 Å². The van der Waals surface area contributed by atoms with Crippen molar-refractivity contribution in [2.24, 2.45) is 0 Å². The van der Waals surface area contributed by atoms with Crippen molar-refractivity contribution >= 4 is 11.8 Å². The third-order valence-corrected chi connectivity index (χ3v) is 6.91. The van der Waals surface area contributed by atoms with Gasteiger partial charge in [0.1, 0.15) is 11.8 Å². The van der Waals surface area contributed by atoms with E-state index in [1.807, 2.05) is 84.9 Å². The lowest BCUT2D eigenvalue weighted by atomic mass is 9.94. The average Bonchev–Trinajstić information content (AvgIpc) is 2.92. The molecule has 0 aromatic heterocycles. The second-order valence-electron chi connectivity index (χ2n) is 9.58. The standard InChI is InChI=1S/C31H36N2O3/c1-36-28-19-11-16-26(20-28)23-33(30(34)22-25-14-7-3-8-15-25)29(21-24-12-5-2-6-13-24)31(35)32-27-17-9-4-10-18-27/h2-3,5-8,11-16,19-20,27,29H,4,9-10,17-18,21-23H2,1H3,(H,32,35)/t29-/m0/s1. The van der Waals surface area contributed by atoms with E-state index in [0.29, 0.717) is 13.0 Å². The molecular formula is C31H36N2O3. The molecule has 3 aromatic rings. The maximum Gasteiger partial charge on any atom is 0.243 e. The van der Waals surface area contributed by atoms with Gasteiger partial charge in [-0.25, -0.2) is 0 Å². The van der Waals surface area contributed by atoms with Crippen molar-refractivity contribution in [3.05, 3.63) is 102 Å². The molecule has 1 aliphatic carbocycles. The largest absolute Gasteiger partial charge is 0.497 e. The zero-order chi connectivity index (χ0) is 25.2. The molecule has 1 saturated carbocycles. The van der Waals surface area contributed by atoms with Crippen LogP contribution in [0.1, 0.15) is 48.8 Å². The summed E-state index contributed by atoms with van der Waals surface area (Å²) in [5, 5.41) is 3.29. The van der Waals surface area contributed by atoms with Gasteiger partial charge in [0.25, 0.3) is 0 Å². The van der Waals surface area contributed by atoms with Gasteiger partial charge in [-0.1, -0.05) is 92.1 Å². The van der Waals surface area contributed by atoms with Gasteiger partial charge in [-0.3, -0.25) is 9.59 Å². The lowest BCUT2D eigenvalue weighted by Gasteiger charge is -2.33. The SMILES string of the molecule is COc1cccc(CN(C(=O)Cc2ccccc2)[C@@H](Cc2ccccc2)C(=O)NC2CCCCC2)c1. The van der Waals surface area contributed by atoms with E-state index in [-0.39, 0.29) is 24.3 Å². The summed E-state index contributed by atoms with van der Waals surface area (Å²) in [6.07, 6.45) is 6.19. The van der Waals surface area contributed by atoms with Crippen LogP contribution >= 0.6 is 0 Å². The summed E-state index contributed by atoms with van der Waals surface area (Å²) < 4.78 is 5.41. The Kier molecular flexibility index (Phi) is 9.15. The summed E-state index contributed by atoms with van der Waals surface area (Å²) in [6, 6.07) is 27.0. The second kappa shape index (κ2) is 12.9. The monoisotopic (exact) mass is 484 g/mol. The molecule has 36 heavy (non-hydrogen) atoms. The van der Waals surface area contributed by atoms with E-state index < -0.39 is 6.04 Å². The van der Waals surface area contributed by atoms with Crippen molar-refractivity contribution in [2.45, 2.75) is 63.6 Å². The van der Waals surface area contributed by atoms with Crippen molar-refractivity contribution < 1.29 is 14.3 Å². The molecule has 1 fully saturated rings. The number of carbonyl (C=O) groups is 2. The quantitative estimate of drug-likeness (QED) is 0.423. The number of carbonyl (C=O) groups excluding carboxylic acids is 2. The summed E-state index contributed by atoms with van der Waals surface area (Å²) in [5.74, 6) is 0.591. The van der Waals surface area contributed by atoms with Crippen LogP contribution in [0.25, 0.3) is 0 Å². The van der Waals surface area contributed by atoms with E-state index in [1.54, 1.807) is 12.0 Å². The zero-order valence-electron chi connectivity index (χ0n) is 21.1. The summed E-state index contributed by atoms with van der Waals surface area (Å²) in [4.78, 5) is 29.4. The van der Waals surface area contributed by atoms with Crippen molar-refractivity contribution in [2.75, 3.05) is 7.11 Å². The minimum atomic E-state index is -0.614. The highest BCUT2D eigenvalue weighted by molar-refractivity contribution is 5.89. The molecule has 0 saturated heterocycles. The van der Waals surface area contributed by atoms with Gasteiger partial charge in [0, 0.05) is 19.0 Å². The van der Waals surface area contributed by atoms with E-state index >= 15 is 0 Å². The third-order valence-electron chi connectivity index (χ3n) is 6.91. The van der Waals surface area contributed by atoms with Gasteiger partial charge in [0.2, 0.25) is 11.8 Å². The fraction of sp³-hybridized carbons (Fsp3) is 0.355. The lowest BCUT2D eigenvalue weighted by molar-refractivity contribution is -0.141. The fourth-order valence-corrected chi connectivity index (χ4v) is 4.94. The van der Waals surface area contributed by atoms with Crippen LogP contribution in [0.3, 0.4) is 0 Å². The maximum absolute atomic E-state index is 13.8. The Morgan fingerprint density at radius 3 is 2.17 bits per heavy atom. The van der Waals surface area contributed by atoms with E-state index in [9.17, 15) is 9.59 Å². The van der Waals surface area contributed by atoms with Crippen molar-refractivity contribution in [1.82, 2.24) is 10.2 Å². The van der Waals surface area contributed by atoms with Gasteiger partial charge in [-0.2, -0.15) is 0 Å². The summed E-state index contributed by atoms with van der Waals surface area (Å²) in [6.45, 7) is 0.332. The van der Waals surface area contributed by atoms with Gasteiger partial charge < -0.3 is 15.0 Å². The molecule has 1 N–H and O–H groups in total. The van der Waals surface area contributed by atoms with Crippen LogP contribution in [-0.2, 0) is 29.0 Å². The molecule has 5 nitrogen and oxygen atoms in total. The highest BCUT2D eigenvalue weighted by Gasteiger charge is 2.32. The predicted molar refractivity (Wildman–Crippen MR) is 143 cm³/mol. The van der Waals surface area contributed by atoms with Gasteiger partial charge in [0.05, 0.1) is 13.5 Å². The Balaban J connectivity index is 1.65. The lowest BCUT2D eigenvalue weighted by Crippen LogP contribution is -2.53. The van der Waals surface area contributed by atoms with Gasteiger partial charge >= 0.3 is 0 Å². The number of rotatable bonds is 10. The minimum Gasteiger partial charge on any atom is -0.497 e. The Labute approximate surface area is 214 Å². The number of nitrogens with zero attached hydrogens (tertiary/aromatic N) is 1. The number of benzene rings is 3. The Hall–Kier alpha value is -3.60. The molecule has 2 amide bonds. The maximum atomic E-state index is 13.8. The van der Waals surface area contributed by atoms with E-state index in [2.05, 4.69) is 5.32 Å². The van der Waals surface area contributed by atoms with Crippen LogP contribution in [0.5, 0.6) is 5.75 Å². The van der Waals surface area contributed by atoms with E-state index in [0.717, 1.165) is 48.1 Å². The molecule has 0 radical (unpaired) electrons. The first-order chi connectivity index (χ1) is 17.6. The van der Waals surface area contributed by atoms with Crippen LogP contribution in [0.4, 0.5) is 0 Å². The summed E-state index contributed by atoms with van der Waals surface area (Å²) in [5.41, 5.74) is 2.90. The van der Waals surface area contributed by atoms with E-state index in [4.69, 9.17) is 4.74 Å². The van der Waals surface area contributed by atoms with Crippen LogP contribution in [0.15, 0.2) is 84.9 Å². The highest BCUT2D eigenvalue weighted by atomic mass is 16.5. The molecule has 1 aliphatic rings. The molecule has 4 rings (SSSR count). The van der Waals surface area contributed by atoms with Crippen LogP contribution in [0.2, 0.25) is 0 Å². The van der Waals surface area contributed by atoms with E-state index in [1.165, 1.54) is 6.42 Å². The molecule has 188 valence electrons. The molecule has 5 heteroatoms. The number of hydrogen-bond donors (Lipinski definition) is 1. The van der Waals surface area contributed by atoms with Crippen LogP contribution in [0, 0.1) is 0 Å². The summed E-state index contributed by atoms with van der Waals surface area (Å²) >= 11 is 0. The minimum absolute atomic E-state index is 0.0660. The Morgan fingerprint density at radius 1 is 0.861 bits per heavy atom. The molecule has 0 aliphatic heterocycles. The average molecular weight is 485 g/mol. The van der Waals surface area contributed by atoms with Gasteiger partial charge in [-0.05, 0) is 41.7 Å². The number of hydrogen-bond acceptors (Lipinski definition) is 3. The molecule has 1 atom stereocenters. The topological polar surface area (TPSA) is 58.6 Å². The highest BCUT2D eigenvalue weighted by Crippen LogP contribution is 2.21. The number of ether oxygens (including phenoxy) is 1. The molecule has 0 spiro atoms. The van der Waals surface area contributed by atoms with Crippen LogP contribution < -0.4 is 10.1 Å². The number of nitrogens with one attached hydrogen (secondary N) is 1. The molecule has 3 aromatic carbocycles. The number of amides is 2.